The lowest BCUT2D eigenvalue weighted by atomic mass is 10.0. The Morgan fingerprint density at radius 1 is 0.921 bits per heavy atom. The van der Waals surface area contributed by atoms with Crippen molar-refractivity contribution in [1.82, 2.24) is 18.9 Å². The van der Waals surface area contributed by atoms with Crippen LogP contribution in [-0.4, -0.2) is 39.0 Å². The van der Waals surface area contributed by atoms with Gasteiger partial charge in [-0.05, 0) is 50.2 Å². The Labute approximate surface area is 216 Å². The first-order chi connectivity index (χ1) is 17.9. The Morgan fingerprint density at radius 3 is 2.21 bits per heavy atom. The maximum Gasteiger partial charge on any atom is 0.573 e. The van der Waals surface area contributed by atoms with Crippen LogP contribution in [0.4, 0.5) is 19.1 Å². The Hall–Kier alpha value is -4.32. The van der Waals surface area contributed by atoms with E-state index in [-0.39, 0.29) is 11.7 Å². The number of aromatic nitrogens is 4. The van der Waals surface area contributed by atoms with E-state index in [1.54, 1.807) is 32.0 Å². The number of alkyl halides is 3. The molecule has 8 nitrogen and oxygen atoms in total. The number of nitrogens with zero attached hydrogens (tertiary/aromatic N) is 3. The summed E-state index contributed by atoms with van der Waals surface area (Å²) >= 11 is 0. The zero-order chi connectivity index (χ0) is 27.2. The molecule has 0 saturated heterocycles. The van der Waals surface area contributed by atoms with Crippen molar-refractivity contribution in [1.29, 1.82) is 0 Å². The summed E-state index contributed by atoms with van der Waals surface area (Å²) in [6.07, 6.45) is -4.79. The molecule has 0 radical (unpaired) electrons. The lowest BCUT2D eigenvalue weighted by molar-refractivity contribution is -0.274. The van der Waals surface area contributed by atoms with E-state index in [9.17, 15) is 21.6 Å². The molecule has 0 bridgehead atoms. The van der Waals surface area contributed by atoms with Gasteiger partial charge in [0, 0.05) is 16.7 Å². The van der Waals surface area contributed by atoms with Gasteiger partial charge in [-0.2, -0.15) is 0 Å². The van der Waals surface area contributed by atoms with Gasteiger partial charge >= 0.3 is 6.36 Å². The molecule has 0 aliphatic rings. The smallest absolute Gasteiger partial charge is 0.406 e. The summed E-state index contributed by atoms with van der Waals surface area (Å²) in [6, 6.07) is 19.8. The van der Waals surface area contributed by atoms with E-state index in [0.717, 1.165) is 9.54 Å². The summed E-state index contributed by atoms with van der Waals surface area (Å²) in [6.45, 7) is 3.12. The molecular weight excluding hydrogens is 519 g/mol. The number of fused-ring (bicyclic) bond motifs is 1. The van der Waals surface area contributed by atoms with Crippen LogP contribution in [0.2, 0.25) is 0 Å². The number of benzene rings is 3. The monoisotopic (exact) mass is 541 g/mol. The predicted octanol–water partition coefficient (Wildman–Crippen LogP) is 5.83. The second-order valence-electron chi connectivity index (χ2n) is 8.78. The number of hydrogen-bond acceptors (Lipinski definition) is 6. The van der Waals surface area contributed by atoms with E-state index in [0.29, 0.717) is 39.4 Å². The fourth-order valence-corrected chi connectivity index (χ4v) is 5.19. The average molecular weight is 542 g/mol. The molecule has 38 heavy (non-hydrogen) atoms. The molecule has 0 amide bonds. The van der Waals surface area contributed by atoms with Crippen molar-refractivity contribution in [2.24, 2.45) is 0 Å². The van der Waals surface area contributed by atoms with Crippen LogP contribution in [0.5, 0.6) is 5.75 Å². The van der Waals surface area contributed by atoms with E-state index >= 15 is 0 Å². The quantitative estimate of drug-likeness (QED) is 0.280. The van der Waals surface area contributed by atoms with Crippen molar-refractivity contribution in [2.45, 2.75) is 25.5 Å². The van der Waals surface area contributed by atoms with E-state index in [2.05, 4.69) is 14.7 Å². The van der Waals surface area contributed by atoms with Crippen LogP contribution in [0.15, 0.2) is 72.8 Å². The predicted molar refractivity (Wildman–Crippen MR) is 139 cm³/mol. The van der Waals surface area contributed by atoms with E-state index in [1.807, 2.05) is 30.3 Å². The van der Waals surface area contributed by atoms with Crippen LogP contribution in [0.1, 0.15) is 13.8 Å². The third-order valence-electron chi connectivity index (χ3n) is 5.89. The van der Waals surface area contributed by atoms with E-state index in [4.69, 9.17) is 10.7 Å². The number of imidazole rings is 2. The lowest BCUT2D eigenvalue weighted by Crippen LogP contribution is -2.23. The molecule has 0 unspecified atom stereocenters. The fraction of sp³-hybridized carbons (Fsp3) is 0.154. The Kier molecular flexibility index (Phi) is 6.14. The normalized spacial score (nSPS) is 12.4. The fourth-order valence-electron chi connectivity index (χ4n) is 4.05. The van der Waals surface area contributed by atoms with E-state index < -0.39 is 21.6 Å². The van der Waals surface area contributed by atoms with Gasteiger partial charge in [0.05, 0.1) is 27.7 Å². The minimum absolute atomic E-state index is 0.141. The molecule has 12 heteroatoms. The standard InChI is InChI=1S/C26H22F3N5O3S/c1-15(2)38(35,36)34-21-14-18(10-13-20(21)31-25(34)30)23-22(16-6-4-3-5-7-16)32-24(33-23)17-8-11-19(12-9-17)37-26(27,28)29/h3-15H,1-2H3,(H2,30,31)(H,32,33). The second kappa shape index (κ2) is 9.21. The molecule has 196 valence electrons. The Bertz CT molecular complexity index is 1730. The number of nitrogens with two attached hydrogens (primary N) is 1. The Morgan fingerprint density at radius 2 is 1.58 bits per heavy atom. The first kappa shape index (κ1) is 25.3. The van der Waals surface area contributed by atoms with Gasteiger partial charge in [-0.1, -0.05) is 36.4 Å². The largest absolute Gasteiger partial charge is 0.573 e. The van der Waals surface area contributed by atoms with Crippen LogP contribution in [0, 0.1) is 0 Å². The number of aromatic amines is 1. The first-order valence-electron chi connectivity index (χ1n) is 11.5. The molecule has 0 spiro atoms. The van der Waals surface area contributed by atoms with Crippen molar-refractivity contribution in [2.75, 3.05) is 5.73 Å². The van der Waals surface area contributed by atoms with Gasteiger partial charge in [-0.25, -0.2) is 22.4 Å². The molecule has 2 heterocycles. The molecule has 0 fully saturated rings. The van der Waals surface area contributed by atoms with Gasteiger partial charge in [0.1, 0.15) is 11.6 Å². The minimum Gasteiger partial charge on any atom is -0.406 e. The zero-order valence-corrected chi connectivity index (χ0v) is 21.0. The third-order valence-corrected chi connectivity index (χ3v) is 7.97. The second-order valence-corrected chi connectivity index (χ2v) is 11.1. The van der Waals surface area contributed by atoms with Crippen LogP contribution >= 0.6 is 0 Å². The SMILES string of the molecule is CC(C)S(=O)(=O)n1c(N)nc2ccc(-c3nc(-c4ccc(OC(F)(F)F)cc4)[nH]c3-c3ccccc3)cc21. The average Bonchev–Trinajstić information content (AvgIpc) is 3.44. The van der Waals surface area contributed by atoms with Crippen molar-refractivity contribution in [3.05, 3.63) is 72.8 Å². The molecule has 0 aliphatic carbocycles. The van der Waals surface area contributed by atoms with Crippen LogP contribution in [-0.2, 0) is 10.0 Å². The highest BCUT2D eigenvalue weighted by Gasteiger charge is 2.31. The topological polar surface area (TPSA) is 116 Å². The molecule has 5 rings (SSSR count). The zero-order valence-electron chi connectivity index (χ0n) is 20.2. The van der Waals surface area contributed by atoms with Gasteiger partial charge in [0.15, 0.2) is 0 Å². The molecule has 0 aliphatic heterocycles. The molecule has 0 saturated carbocycles. The highest BCUT2D eigenvalue weighted by atomic mass is 32.2. The molecule has 5 aromatic rings. The van der Waals surface area contributed by atoms with Crippen LogP contribution in [0.3, 0.4) is 0 Å². The number of ether oxygens (including phenoxy) is 1. The summed E-state index contributed by atoms with van der Waals surface area (Å²) in [5.41, 5.74) is 9.79. The summed E-state index contributed by atoms with van der Waals surface area (Å²) in [7, 11) is -3.80. The van der Waals surface area contributed by atoms with Gasteiger partial charge < -0.3 is 15.5 Å². The first-order valence-corrected chi connectivity index (χ1v) is 13.0. The maximum absolute atomic E-state index is 13.0. The lowest BCUT2D eigenvalue weighted by Gasteiger charge is -2.11. The van der Waals surface area contributed by atoms with E-state index in [1.165, 1.54) is 24.3 Å². The third kappa shape index (κ3) is 4.70. The molecule has 2 aromatic heterocycles. The maximum atomic E-state index is 13.0. The molecule has 3 aromatic carbocycles. The number of hydrogen-bond donors (Lipinski definition) is 2. The van der Waals surface area contributed by atoms with Crippen LogP contribution < -0.4 is 10.5 Å². The van der Waals surface area contributed by atoms with Crippen molar-refractivity contribution in [3.8, 4) is 39.7 Å². The summed E-state index contributed by atoms with van der Waals surface area (Å²) in [5, 5.41) is -0.730. The van der Waals surface area contributed by atoms with Crippen LogP contribution in [0.25, 0.3) is 44.9 Å². The number of nitrogen functional groups attached to an aromatic ring is 1. The Balaban J connectivity index is 1.66. The molecule has 3 N–H and O–H groups in total. The van der Waals surface area contributed by atoms with Gasteiger partial charge in [-0.15, -0.1) is 13.2 Å². The molecular formula is C26H22F3N5O3S. The summed E-state index contributed by atoms with van der Waals surface area (Å²) < 4.78 is 68.7. The van der Waals surface area contributed by atoms with Crippen molar-refractivity contribution >= 4 is 27.0 Å². The van der Waals surface area contributed by atoms with Crippen molar-refractivity contribution < 1.29 is 26.3 Å². The molecule has 0 atom stereocenters. The number of H-pyrrole nitrogens is 1. The number of halogens is 3. The minimum atomic E-state index is -4.79. The number of rotatable bonds is 6. The van der Waals surface area contributed by atoms with Gasteiger partial charge in [0.2, 0.25) is 16.0 Å². The summed E-state index contributed by atoms with van der Waals surface area (Å²) in [4.78, 5) is 12.2. The summed E-state index contributed by atoms with van der Waals surface area (Å²) in [5.74, 6) is -0.0858. The van der Waals surface area contributed by atoms with Gasteiger partial charge in [0.25, 0.3) is 0 Å². The highest BCUT2D eigenvalue weighted by molar-refractivity contribution is 7.90. The number of nitrogens with one attached hydrogen (secondary N) is 1. The highest BCUT2D eigenvalue weighted by Crippen LogP contribution is 2.36. The van der Waals surface area contributed by atoms with Crippen molar-refractivity contribution in [3.63, 3.8) is 0 Å². The number of anilines is 1. The van der Waals surface area contributed by atoms with Gasteiger partial charge in [-0.3, -0.25) is 0 Å².